The maximum atomic E-state index is 6.11. The lowest BCUT2D eigenvalue weighted by Gasteiger charge is -2.21. The Kier molecular flexibility index (Phi) is 3.36. The molecule has 19 heavy (non-hydrogen) atoms. The second kappa shape index (κ2) is 5.01. The maximum absolute atomic E-state index is 6.11. The average Bonchev–Trinajstić information content (AvgIpc) is 3.01. The first-order valence-electron chi connectivity index (χ1n) is 7.47. The van der Waals surface area contributed by atoms with Crippen molar-refractivity contribution >= 4 is 10.9 Å². The van der Waals surface area contributed by atoms with Crippen LogP contribution in [0.1, 0.15) is 42.7 Å². The largest absolute Gasteiger partial charge is 0.350 e. The van der Waals surface area contributed by atoms with Gasteiger partial charge in [0.2, 0.25) is 0 Å². The first-order valence-corrected chi connectivity index (χ1v) is 7.47. The summed E-state index contributed by atoms with van der Waals surface area (Å²) < 4.78 is 2.28. The summed E-state index contributed by atoms with van der Waals surface area (Å²) in [5, 5.41) is 1.41. The molecule has 1 fully saturated rings. The van der Waals surface area contributed by atoms with Gasteiger partial charge in [-0.15, -0.1) is 0 Å². The van der Waals surface area contributed by atoms with E-state index in [0.717, 1.165) is 12.5 Å². The molecule has 1 saturated carbocycles. The van der Waals surface area contributed by atoms with Crippen LogP contribution in [-0.4, -0.2) is 11.1 Å². The average molecular weight is 256 g/mol. The van der Waals surface area contributed by atoms with Crippen molar-refractivity contribution in [3.05, 3.63) is 35.5 Å². The van der Waals surface area contributed by atoms with E-state index in [-0.39, 0.29) is 0 Å². The Labute approximate surface area is 115 Å². The van der Waals surface area contributed by atoms with Crippen LogP contribution in [0, 0.1) is 12.8 Å². The van der Waals surface area contributed by atoms with Crippen molar-refractivity contribution in [2.45, 2.75) is 38.5 Å². The van der Waals surface area contributed by atoms with Crippen molar-refractivity contribution < 1.29 is 0 Å². The highest BCUT2D eigenvalue weighted by Gasteiger charge is 2.27. The zero-order valence-electron chi connectivity index (χ0n) is 12.0. The molecule has 0 amide bonds. The summed E-state index contributed by atoms with van der Waals surface area (Å²) in [6.07, 6.45) is 7.78. The fraction of sp³-hybridized carbons (Fsp3) is 0.529. The van der Waals surface area contributed by atoms with Crippen LogP contribution in [0.5, 0.6) is 0 Å². The molecule has 102 valence electrons. The quantitative estimate of drug-likeness (QED) is 0.891. The third-order valence-electron chi connectivity index (χ3n) is 4.86. The zero-order valence-corrected chi connectivity index (χ0v) is 12.0. The van der Waals surface area contributed by atoms with Crippen molar-refractivity contribution in [2.75, 3.05) is 6.54 Å². The van der Waals surface area contributed by atoms with Crippen LogP contribution in [0.2, 0.25) is 0 Å². The van der Waals surface area contributed by atoms with E-state index in [0.29, 0.717) is 5.92 Å². The maximum Gasteiger partial charge on any atom is 0.0510 e. The number of para-hydroxylation sites is 1. The van der Waals surface area contributed by atoms with E-state index in [9.17, 15) is 0 Å². The van der Waals surface area contributed by atoms with Crippen molar-refractivity contribution in [1.82, 2.24) is 4.57 Å². The van der Waals surface area contributed by atoms with Gasteiger partial charge in [0.05, 0.1) is 5.52 Å². The summed E-state index contributed by atoms with van der Waals surface area (Å²) in [6.45, 7) is 2.97. The molecule has 2 N–H and O–H groups in total. The number of hydrogen-bond acceptors (Lipinski definition) is 1. The van der Waals surface area contributed by atoms with Crippen molar-refractivity contribution in [1.29, 1.82) is 0 Å². The number of aromatic nitrogens is 1. The smallest absolute Gasteiger partial charge is 0.0510 e. The van der Waals surface area contributed by atoms with Gasteiger partial charge >= 0.3 is 0 Å². The predicted molar refractivity (Wildman–Crippen MR) is 81.4 cm³/mol. The molecule has 1 aliphatic rings. The Hall–Kier alpha value is -1.28. The van der Waals surface area contributed by atoms with E-state index in [1.165, 1.54) is 47.7 Å². The first-order chi connectivity index (χ1) is 9.22. The summed E-state index contributed by atoms with van der Waals surface area (Å²) in [6, 6.07) is 6.62. The van der Waals surface area contributed by atoms with E-state index < -0.39 is 0 Å². The van der Waals surface area contributed by atoms with Crippen LogP contribution in [0.4, 0.5) is 0 Å². The van der Waals surface area contributed by atoms with Crippen LogP contribution >= 0.6 is 0 Å². The molecule has 1 unspecified atom stereocenters. The Balaban J connectivity index is 2.11. The second-order valence-electron chi connectivity index (χ2n) is 6.05. The Morgan fingerprint density at radius 3 is 2.74 bits per heavy atom. The molecule has 1 aromatic heterocycles. The zero-order chi connectivity index (χ0) is 13.4. The highest BCUT2D eigenvalue weighted by Crippen LogP contribution is 2.40. The molecule has 2 aromatic rings. The Bertz CT molecular complexity index is 576. The van der Waals surface area contributed by atoms with Gasteiger partial charge in [0.1, 0.15) is 0 Å². The molecule has 1 aliphatic carbocycles. The number of nitrogens with zero attached hydrogens (tertiary/aromatic N) is 1. The fourth-order valence-corrected chi connectivity index (χ4v) is 3.93. The topological polar surface area (TPSA) is 30.9 Å². The van der Waals surface area contributed by atoms with Gasteiger partial charge < -0.3 is 10.3 Å². The van der Waals surface area contributed by atoms with Gasteiger partial charge in [-0.3, -0.25) is 0 Å². The first kappa shape index (κ1) is 12.7. The second-order valence-corrected chi connectivity index (χ2v) is 6.05. The molecule has 1 aromatic carbocycles. The van der Waals surface area contributed by atoms with Crippen molar-refractivity contribution in [2.24, 2.45) is 18.7 Å². The van der Waals surface area contributed by atoms with Gasteiger partial charge in [0.15, 0.2) is 0 Å². The Morgan fingerprint density at radius 1 is 1.32 bits per heavy atom. The number of nitrogens with two attached hydrogens (primary N) is 1. The van der Waals surface area contributed by atoms with E-state index in [1.807, 2.05) is 0 Å². The van der Waals surface area contributed by atoms with Crippen molar-refractivity contribution in [3.63, 3.8) is 0 Å². The van der Waals surface area contributed by atoms with Crippen molar-refractivity contribution in [3.8, 4) is 0 Å². The normalized spacial score (nSPS) is 18.3. The molecule has 0 spiro atoms. The molecule has 0 bridgehead atoms. The number of fused-ring (bicyclic) bond motifs is 1. The minimum Gasteiger partial charge on any atom is -0.350 e. The Morgan fingerprint density at radius 2 is 2.05 bits per heavy atom. The van der Waals surface area contributed by atoms with Gasteiger partial charge in [-0.05, 0) is 43.4 Å². The van der Waals surface area contributed by atoms with Gasteiger partial charge in [-0.25, -0.2) is 0 Å². The number of aryl methyl sites for hydroxylation is 2. The monoisotopic (exact) mass is 256 g/mol. The molecular weight excluding hydrogens is 232 g/mol. The number of rotatable bonds is 3. The van der Waals surface area contributed by atoms with Gasteiger partial charge in [-0.1, -0.05) is 31.0 Å². The third kappa shape index (κ3) is 2.08. The molecule has 3 rings (SSSR count). The summed E-state index contributed by atoms with van der Waals surface area (Å²) in [4.78, 5) is 0. The molecular formula is C17H24N2. The summed E-state index contributed by atoms with van der Waals surface area (Å²) >= 11 is 0. The molecule has 1 heterocycles. The van der Waals surface area contributed by atoms with Crippen LogP contribution in [0.3, 0.4) is 0 Å². The lowest BCUT2D eigenvalue weighted by Crippen LogP contribution is -2.19. The molecule has 0 radical (unpaired) electrons. The highest BCUT2D eigenvalue weighted by atomic mass is 14.9. The van der Waals surface area contributed by atoms with Crippen LogP contribution < -0.4 is 5.73 Å². The molecule has 0 aliphatic heterocycles. The SMILES string of the molecule is Cc1cccc2c(C(CN)C3CCCC3)cn(C)c12. The summed E-state index contributed by atoms with van der Waals surface area (Å²) in [5.41, 5.74) is 10.3. The van der Waals surface area contributed by atoms with Crippen LogP contribution in [-0.2, 0) is 7.05 Å². The van der Waals surface area contributed by atoms with Gasteiger partial charge in [-0.2, -0.15) is 0 Å². The lowest BCUT2D eigenvalue weighted by molar-refractivity contribution is 0.442. The van der Waals surface area contributed by atoms with E-state index >= 15 is 0 Å². The minimum atomic E-state index is 0.535. The molecule has 2 heteroatoms. The van der Waals surface area contributed by atoms with E-state index in [2.05, 4.69) is 42.9 Å². The van der Waals surface area contributed by atoms with Gasteiger partial charge in [0, 0.05) is 24.5 Å². The van der Waals surface area contributed by atoms with E-state index in [4.69, 9.17) is 5.73 Å². The lowest BCUT2D eigenvalue weighted by atomic mass is 9.84. The number of hydrogen-bond donors (Lipinski definition) is 1. The summed E-state index contributed by atoms with van der Waals surface area (Å²) in [5.74, 6) is 1.32. The van der Waals surface area contributed by atoms with E-state index in [1.54, 1.807) is 0 Å². The molecule has 0 saturated heterocycles. The highest BCUT2D eigenvalue weighted by molar-refractivity contribution is 5.87. The van der Waals surface area contributed by atoms with Crippen LogP contribution in [0.25, 0.3) is 10.9 Å². The standard InChI is InChI=1S/C17H24N2/c1-12-6-5-9-14-16(11-19(2)17(12)14)15(10-18)13-7-3-4-8-13/h5-6,9,11,13,15H,3-4,7-8,10,18H2,1-2H3. The predicted octanol–water partition coefficient (Wildman–Crippen LogP) is 3.72. The van der Waals surface area contributed by atoms with Gasteiger partial charge in [0.25, 0.3) is 0 Å². The third-order valence-corrected chi connectivity index (χ3v) is 4.86. The summed E-state index contributed by atoms with van der Waals surface area (Å²) in [7, 11) is 2.15. The minimum absolute atomic E-state index is 0.535. The molecule has 1 atom stereocenters. The van der Waals surface area contributed by atoms with Crippen LogP contribution in [0.15, 0.2) is 24.4 Å². The number of benzene rings is 1. The fourth-order valence-electron chi connectivity index (χ4n) is 3.93. The molecule has 2 nitrogen and oxygen atoms in total.